The summed E-state index contributed by atoms with van der Waals surface area (Å²) in [6, 6.07) is 10.1. The van der Waals surface area contributed by atoms with E-state index in [9.17, 15) is 4.79 Å². The second-order valence-corrected chi connectivity index (χ2v) is 6.02. The van der Waals surface area contributed by atoms with Crippen molar-refractivity contribution in [2.45, 2.75) is 19.3 Å². The lowest BCUT2D eigenvalue weighted by Crippen LogP contribution is -2.50. The summed E-state index contributed by atoms with van der Waals surface area (Å²) in [5.41, 5.74) is 1.12. The molecule has 0 bridgehead atoms. The number of amides is 1. The molecule has 0 aliphatic carbocycles. The van der Waals surface area contributed by atoms with Crippen LogP contribution in [0.15, 0.2) is 42.7 Å². The van der Waals surface area contributed by atoms with Gasteiger partial charge in [0.1, 0.15) is 0 Å². The number of nitrogens with zero attached hydrogens (tertiary/aromatic N) is 4. The first-order valence-corrected chi connectivity index (χ1v) is 8.26. The van der Waals surface area contributed by atoms with E-state index in [0.29, 0.717) is 0 Å². The number of hydrogen-bond donors (Lipinski definition) is 0. The standard InChI is InChI=1S/C18H24N4O/c1-3-16(15-7-5-4-6-8-15)17(23)21-11-13-22(14-12-21)18-19-9-10-20(18)2/h4-10,16H,3,11-14H2,1-2H3. The number of hydrogen-bond acceptors (Lipinski definition) is 3. The zero-order valence-electron chi connectivity index (χ0n) is 13.9. The van der Waals surface area contributed by atoms with Gasteiger partial charge < -0.3 is 14.4 Å². The molecule has 1 aliphatic rings. The summed E-state index contributed by atoms with van der Waals surface area (Å²) in [7, 11) is 2.00. The van der Waals surface area contributed by atoms with Gasteiger partial charge in [-0.05, 0) is 12.0 Å². The minimum absolute atomic E-state index is 0.0316. The van der Waals surface area contributed by atoms with Gasteiger partial charge in [0.15, 0.2) is 0 Å². The topological polar surface area (TPSA) is 41.4 Å². The van der Waals surface area contributed by atoms with Crippen LogP contribution in [0.1, 0.15) is 24.8 Å². The first-order valence-electron chi connectivity index (χ1n) is 8.26. The number of anilines is 1. The van der Waals surface area contributed by atoms with Crippen LogP contribution in [0.25, 0.3) is 0 Å². The van der Waals surface area contributed by atoms with Crippen LogP contribution in [0.3, 0.4) is 0 Å². The summed E-state index contributed by atoms with van der Waals surface area (Å²) in [5, 5.41) is 0. The number of piperazine rings is 1. The molecule has 1 amide bonds. The molecule has 1 atom stereocenters. The highest BCUT2D eigenvalue weighted by Crippen LogP contribution is 2.23. The Morgan fingerprint density at radius 2 is 1.87 bits per heavy atom. The molecule has 1 unspecified atom stereocenters. The average Bonchev–Trinajstić information content (AvgIpc) is 3.02. The average molecular weight is 312 g/mol. The van der Waals surface area contributed by atoms with Gasteiger partial charge in [-0.15, -0.1) is 0 Å². The molecule has 5 heteroatoms. The van der Waals surface area contributed by atoms with Crippen molar-refractivity contribution in [3.05, 3.63) is 48.3 Å². The van der Waals surface area contributed by atoms with E-state index in [1.807, 2.05) is 47.1 Å². The zero-order chi connectivity index (χ0) is 16.2. The molecule has 1 saturated heterocycles. The molecule has 0 N–H and O–H groups in total. The monoisotopic (exact) mass is 312 g/mol. The summed E-state index contributed by atoms with van der Waals surface area (Å²) >= 11 is 0. The lowest BCUT2D eigenvalue weighted by Gasteiger charge is -2.36. The SMILES string of the molecule is CCC(C(=O)N1CCN(c2nccn2C)CC1)c1ccccc1. The highest BCUT2D eigenvalue weighted by Gasteiger charge is 2.28. The fraction of sp³-hybridized carbons (Fsp3) is 0.444. The zero-order valence-corrected chi connectivity index (χ0v) is 13.9. The maximum absolute atomic E-state index is 12.9. The van der Waals surface area contributed by atoms with Gasteiger partial charge in [0.25, 0.3) is 0 Å². The van der Waals surface area contributed by atoms with Crippen LogP contribution in [-0.2, 0) is 11.8 Å². The van der Waals surface area contributed by atoms with Gasteiger partial charge in [-0.25, -0.2) is 4.98 Å². The molecule has 0 radical (unpaired) electrons. The quantitative estimate of drug-likeness (QED) is 0.869. The summed E-state index contributed by atoms with van der Waals surface area (Å²) < 4.78 is 2.02. The number of carbonyl (C=O) groups excluding carboxylic acids is 1. The minimum atomic E-state index is -0.0316. The highest BCUT2D eigenvalue weighted by atomic mass is 16.2. The van der Waals surface area contributed by atoms with Gasteiger partial charge in [0, 0.05) is 45.6 Å². The molecule has 1 aromatic heterocycles. The summed E-state index contributed by atoms with van der Waals surface area (Å²) in [5.74, 6) is 1.20. The summed E-state index contributed by atoms with van der Waals surface area (Å²) in [4.78, 5) is 21.5. The highest BCUT2D eigenvalue weighted by molar-refractivity contribution is 5.84. The Morgan fingerprint density at radius 1 is 1.17 bits per heavy atom. The molecule has 23 heavy (non-hydrogen) atoms. The van der Waals surface area contributed by atoms with Crippen molar-refractivity contribution < 1.29 is 4.79 Å². The van der Waals surface area contributed by atoms with Crippen LogP contribution in [0.5, 0.6) is 0 Å². The molecule has 2 heterocycles. The van der Waals surface area contributed by atoms with Crippen molar-refractivity contribution in [3.8, 4) is 0 Å². The van der Waals surface area contributed by atoms with Gasteiger partial charge >= 0.3 is 0 Å². The van der Waals surface area contributed by atoms with E-state index in [1.54, 1.807) is 0 Å². The Bertz CT molecular complexity index is 644. The molecule has 3 rings (SSSR count). The smallest absolute Gasteiger partial charge is 0.230 e. The number of aromatic nitrogens is 2. The third kappa shape index (κ3) is 3.23. The maximum Gasteiger partial charge on any atom is 0.230 e. The van der Waals surface area contributed by atoms with Gasteiger partial charge in [-0.1, -0.05) is 37.3 Å². The Labute approximate surface area is 137 Å². The van der Waals surface area contributed by atoms with Crippen LogP contribution in [0, 0.1) is 0 Å². The largest absolute Gasteiger partial charge is 0.339 e. The van der Waals surface area contributed by atoms with E-state index in [0.717, 1.165) is 44.1 Å². The van der Waals surface area contributed by atoms with Crippen molar-refractivity contribution in [1.82, 2.24) is 14.5 Å². The molecule has 2 aromatic rings. The molecule has 1 aliphatic heterocycles. The first-order chi connectivity index (χ1) is 11.2. The van der Waals surface area contributed by atoms with Gasteiger partial charge in [-0.2, -0.15) is 0 Å². The fourth-order valence-electron chi connectivity index (χ4n) is 3.25. The van der Waals surface area contributed by atoms with Gasteiger partial charge in [0.2, 0.25) is 11.9 Å². The molecule has 1 aromatic carbocycles. The number of carbonyl (C=O) groups is 1. The molecular weight excluding hydrogens is 288 g/mol. The van der Waals surface area contributed by atoms with E-state index in [2.05, 4.69) is 28.9 Å². The number of aryl methyl sites for hydroxylation is 1. The van der Waals surface area contributed by atoms with E-state index >= 15 is 0 Å². The van der Waals surface area contributed by atoms with Crippen molar-refractivity contribution in [1.29, 1.82) is 0 Å². The summed E-state index contributed by atoms with van der Waals surface area (Å²) in [6.07, 6.45) is 4.60. The summed E-state index contributed by atoms with van der Waals surface area (Å²) in [6.45, 7) is 5.27. The lowest BCUT2D eigenvalue weighted by molar-refractivity contribution is -0.133. The molecule has 0 saturated carbocycles. The number of imidazole rings is 1. The van der Waals surface area contributed by atoms with Crippen molar-refractivity contribution in [3.63, 3.8) is 0 Å². The number of rotatable bonds is 4. The third-order valence-corrected chi connectivity index (χ3v) is 4.58. The van der Waals surface area contributed by atoms with Crippen LogP contribution in [0.2, 0.25) is 0 Å². The second-order valence-electron chi connectivity index (χ2n) is 6.02. The lowest BCUT2D eigenvalue weighted by atomic mass is 9.95. The van der Waals surface area contributed by atoms with E-state index in [1.165, 1.54) is 0 Å². The van der Waals surface area contributed by atoms with E-state index in [-0.39, 0.29) is 11.8 Å². The minimum Gasteiger partial charge on any atom is -0.339 e. The second kappa shape index (κ2) is 6.86. The van der Waals surface area contributed by atoms with Gasteiger partial charge in [0.05, 0.1) is 5.92 Å². The molecule has 1 fully saturated rings. The molecule has 122 valence electrons. The predicted molar refractivity (Wildman–Crippen MR) is 91.5 cm³/mol. The van der Waals surface area contributed by atoms with Crippen LogP contribution in [-0.4, -0.2) is 46.5 Å². The van der Waals surface area contributed by atoms with Crippen molar-refractivity contribution in [2.24, 2.45) is 7.05 Å². The Hall–Kier alpha value is -2.30. The normalized spacial score (nSPS) is 16.4. The Morgan fingerprint density at radius 3 is 2.43 bits per heavy atom. The van der Waals surface area contributed by atoms with E-state index < -0.39 is 0 Å². The Kier molecular flexibility index (Phi) is 4.65. The molecule has 5 nitrogen and oxygen atoms in total. The predicted octanol–water partition coefficient (Wildman–Crippen LogP) is 2.26. The fourth-order valence-corrected chi connectivity index (χ4v) is 3.25. The van der Waals surface area contributed by atoms with Gasteiger partial charge in [-0.3, -0.25) is 4.79 Å². The Balaban J connectivity index is 1.65. The molecule has 0 spiro atoms. The third-order valence-electron chi connectivity index (χ3n) is 4.58. The van der Waals surface area contributed by atoms with Crippen molar-refractivity contribution in [2.75, 3.05) is 31.1 Å². The first kappa shape index (κ1) is 15.6. The number of benzene rings is 1. The van der Waals surface area contributed by atoms with Crippen molar-refractivity contribution >= 4 is 11.9 Å². The van der Waals surface area contributed by atoms with Crippen LogP contribution >= 0.6 is 0 Å². The van der Waals surface area contributed by atoms with Crippen LogP contribution in [0.4, 0.5) is 5.95 Å². The molecular formula is C18H24N4O. The maximum atomic E-state index is 12.9. The van der Waals surface area contributed by atoms with E-state index in [4.69, 9.17) is 0 Å². The van der Waals surface area contributed by atoms with Crippen LogP contribution < -0.4 is 4.90 Å².